The lowest BCUT2D eigenvalue weighted by Gasteiger charge is -2.13. The summed E-state index contributed by atoms with van der Waals surface area (Å²) in [5, 5.41) is 16.3. The fraction of sp³-hybridized carbons (Fsp3) is 0.111. The van der Waals surface area contributed by atoms with Gasteiger partial charge in [-0.2, -0.15) is 5.10 Å². The molecule has 26 heavy (non-hydrogen) atoms. The molecule has 0 aliphatic rings. The van der Waals surface area contributed by atoms with Crippen LogP contribution in [0.1, 0.15) is 12.7 Å². The first-order chi connectivity index (χ1) is 12.5. The van der Waals surface area contributed by atoms with Gasteiger partial charge in [0.2, 0.25) is 0 Å². The third-order valence-electron chi connectivity index (χ3n) is 3.56. The summed E-state index contributed by atoms with van der Waals surface area (Å²) in [7, 11) is 0. The molecule has 0 aliphatic heterocycles. The normalized spacial score (nSPS) is 12.2. The number of carbonyl (C=O) groups excluding carboxylic acids is 1. The van der Waals surface area contributed by atoms with E-state index < -0.39 is 22.8 Å². The number of carbonyl (C=O) groups is 1. The lowest BCUT2D eigenvalue weighted by Crippen LogP contribution is -2.33. The van der Waals surface area contributed by atoms with E-state index in [0.29, 0.717) is 5.75 Å². The zero-order valence-electron chi connectivity index (χ0n) is 13.8. The topological polar surface area (TPSA) is 107 Å². The van der Waals surface area contributed by atoms with E-state index in [2.05, 4.69) is 10.5 Å². The standard InChI is InChI=1S/C18H15N3O5/c1-12(25-15-7-6-13-4-2-3-5-14(13)10-15)18(22)20-19-11-16-8-9-17(26-16)21(23)24/h2-12H,1H3,(H,20,22)/b19-11+. The Labute approximate surface area is 148 Å². The monoisotopic (exact) mass is 353 g/mol. The van der Waals surface area contributed by atoms with Crippen LogP contribution in [0.2, 0.25) is 0 Å². The lowest BCUT2D eigenvalue weighted by molar-refractivity contribution is -0.402. The van der Waals surface area contributed by atoms with Gasteiger partial charge in [0.1, 0.15) is 10.7 Å². The molecule has 8 nitrogen and oxygen atoms in total. The average Bonchev–Trinajstić information content (AvgIpc) is 3.10. The molecule has 0 aliphatic carbocycles. The first-order valence-corrected chi connectivity index (χ1v) is 7.75. The highest BCUT2D eigenvalue weighted by Crippen LogP contribution is 2.21. The number of fused-ring (bicyclic) bond motifs is 1. The van der Waals surface area contributed by atoms with E-state index in [-0.39, 0.29) is 5.76 Å². The Kier molecular flexibility index (Phi) is 4.93. The summed E-state index contributed by atoms with van der Waals surface area (Å²) in [4.78, 5) is 21.9. The molecular weight excluding hydrogens is 338 g/mol. The van der Waals surface area contributed by atoms with Crippen molar-refractivity contribution in [2.24, 2.45) is 5.10 Å². The van der Waals surface area contributed by atoms with Crippen molar-refractivity contribution in [1.29, 1.82) is 0 Å². The number of ether oxygens (including phenoxy) is 1. The molecule has 1 aromatic heterocycles. The zero-order valence-corrected chi connectivity index (χ0v) is 13.8. The van der Waals surface area contributed by atoms with Crippen LogP contribution in [0.25, 0.3) is 10.8 Å². The maximum atomic E-state index is 12.0. The van der Waals surface area contributed by atoms with Gasteiger partial charge in [-0.1, -0.05) is 30.3 Å². The molecule has 8 heteroatoms. The Morgan fingerprint density at radius 1 is 1.23 bits per heavy atom. The predicted octanol–water partition coefficient (Wildman–Crippen LogP) is 3.26. The predicted molar refractivity (Wildman–Crippen MR) is 95.1 cm³/mol. The van der Waals surface area contributed by atoms with Gasteiger partial charge in [-0.25, -0.2) is 5.43 Å². The largest absolute Gasteiger partial charge is 0.481 e. The summed E-state index contributed by atoms with van der Waals surface area (Å²) in [5.41, 5.74) is 2.30. The van der Waals surface area contributed by atoms with Crippen LogP contribution in [0.4, 0.5) is 5.88 Å². The van der Waals surface area contributed by atoms with Gasteiger partial charge < -0.3 is 9.15 Å². The molecule has 0 bridgehead atoms. The van der Waals surface area contributed by atoms with Crippen molar-refractivity contribution in [3.05, 3.63) is 70.5 Å². The molecule has 0 saturated carbocycles. The van der Waals surface area contributed by atoms with E-state index in [0.717, 1.165) is 10.8 Å². The maximum Gasteiger partial charge on any atom is 0.433 e. The highest BCUT2D eigenvalue weighted by Gasteiger charge is 2.14. The number of amides is 1. The second kappa shape index (κ2) is 7.47. The molecule has 0 fully saturated rings. The third-order valence-corrected chi connectivity index (χ3v) is 3.56. The number of hydrogen-bond donors (Lipinski definition) is 1. The van der Waals surface area contributed by atoms with Gasteiger partial charge in [0.15, 0.2) is 11.9 Å². The smallest absolute Gasteiger partial charge is 0.433 e. The van der Waals surface area contributed by atoms with Gasteiger partial charge in [0.05, 0.1) is 12.3 Å². The summed E-state index contributed by atoms with van der Waals surface area (Å²) in [6.07, 6.45) is 0.396. The number of benzene rings is 2. The Morgan fingerprint density at radius 3 is 2.73 bits per heavy atom. The van der Waals surface area contributed by atoms with Crippen LogP contribution >= 0.6 is 0 Å². The molecule has 3 rings (SSSR count). The van der Waals surface area contributed by atoms with Crippen LogP contribution in [0, 0.1) is 10.1 Å². The summed E-state index contributed by atoms with van der Waals surface area (Å²) >= 11 is 0. The van der Waals surface area contributed by atoms with Gasteiger partial charge in [0, 0.05) is 0 Å². The van der Waals surface area contributed by atoms with Crippen LogP contribution < -0.4 is 10.2 Å². The summed E-state index contributed by atoms with van der Waals surface area (Å²) in [6, 6.07) is 16.0. The molecule has 3 aromatic rings. The summed E-state index contributed by atoms with van der Waals surface area (Å²) < 4.78 is 10.5. The van der Waals surface area contributed by atoms with Crippen LogP contribution in [0.15, 0.2) is 64.1 Å². The van der Waals surface area contributed by atoms with Gasteiger partial charge in [-0.3, -0.25) is 14.9 Å². The van der Waals surface area contributed by atoms with Crippen LogP contribution in [-0.2, 0) is 4.79 Å². The van der Waals surface area contributed by atoms with Crippen molar-refractivity contribution >= 4 is 28.8 Å². The summed E-state index contributed by atoms with van der Waals surface area (Å²) in [5.74, 6) is -0.140. The Balaban J connectivity index is 1.58. The minimum Gasteiger partial charge on any atom is -0.481 e. The number of nitro groups is 1. The first kappa shape index (κ1) is 17.2. The molecular formula is C18H15N3O5. The highest BCUT2D eigenvalue weighted by atomic mass is 16.6. The van der Waals surface area contributed by atoms with E-state index in [1.165, 1.54) is 18.3 Å². The number of hydrogen-bond acceptors (Lipinski definition) is 6. The molecule has 1 unspecified atom stereocenters. The van der Waals surface area contributed by atoms with Crippen molar-refractivity contribution in [2.75, 3.05) is 0 Å². The van der Waals surface area contributed by atoms with Gasteiger partial charge in [-0.15, -0.1) is 0 Å². The Hall–Kier alpha value is -3.68. The van der Waals surface area contributed by atoms with E-state index in [9.17, 15) is 14.9 Å². The molecule has 1 N–H and O–H groups in total. The molecule has 0 spiro atoms. The van der Waals surface area contributed by atoms with Gasteiger partial charge in [0.25, 0.3) is 5.91 Å². The van der Waals surface area contributed by atoms with Crippen molar-refractivity contribution < 1.29 is 18.9 Å². The SMILES string of the molecule is CC(Oc1ccc2ccccc2c1)C(=O)N/N=C/c1ccc([N+](=O)[O-])o1. The second-order valence-corrected chi connectivity index (χ2v) is 5.44. The van der Waals surface area contributed by atoms with E-state index in [1.54, 1.807) is 13.0 Å². The van der Waals surface area contributed by atoms with Crippen LogP contribution in [0.5, 0.6) is 5.75 Å². The average molecular weight is 353 g/mol. The van der Waals surface area contributed by atoms with E-state index in [1.807, 2.05) is 36.4 Å². The van der Waals surface area contributed by atoms with Crippen molar-refractivity contribution in [2.45, 2.75) is 13.0 Å². The molecule has 1 atom stereocenters. The Morgan fingerprint density at radius 2 is 2.00 bits per heavy atom. The van der Waals surface area contributed by atoms with E-state index in [4.69, 9.17) is 9.15 Å². The van der Waals surface area contributed by atoms with Crippen LogP contribution in [0.3, 0.4) is 0 Å². The lowest BCUT2D eigenvalue weighted by atomic mass is 10.1. The Bertz CT molecular complexity index is 980. The first-order valence-electron chi connectivity index (χ1n) is 7.75. The molecule has 1 amide bonds. The third kappa shape index (κ3) is 4.04. The number of hydrazone groups is 1. The quantitative estimate of drug-likeness (QED) is 0.416. The number of rotatable bonds is 6. The second-order valence-electron chi connectivity index (χ2n) is 5.44. The van der Waals surface area contributed by atoms with Crippen molar-refractivity contribution in [3.8, 4) is 5.75 Å². The fourth-order valence-electron chi connectivity index (χ4n) is 2.26. The van der Waals surface area contributed by atoms with Gasteiger partial charge >= 0.3 is 5.88 Å². The fourth-order valence-corrected chi connectivity index (χ4v) is 2.26. The van der Waals surface area contributed by atoms with Crippen molar-refractivity contribution in [1.82, 2.24) is 5.43 Å². The molecule has 0 saturated heterocycles. The van der Waals surface area contributed by atoms with Crippen molar-refractivity contribution in [3.63, 3.8) is 0 Å². The number of furan rings is 1. The minimum absolute atomic E-state index is 0.153. The molecule has 2 aromatic carbocycles. The van der Waals surface area contributed by atoms with Crippen LogP contribution in [-0.4, -0.2) is 23.1 Å². The number of nitrogens with zero attached hydrogens (tertiary/aromatic N) is 2. The minimum atomic E-state index is -0.778. The van der Waals surface area contributed by atoms with Gasteiger partial charge in [-0.05, 0) is 35.9 Å². The molecule has 0 radical (unpaired) electrons. The number of nitrogens with one attached hydrogen (secondary N) is 1. The maximum absolute atomic E-state index is 12.0. The zero-order chi connectivity index (χ0) is 18.5. The molecule has 1 heterocycles. The molecule has 132 valence electrons. The van der Waals surface area contributed by atoms with E-state index >= 15 is 0 Å². The summed E-state index contributed by atoms with van der Waals surface area (Å²) in [6.45, 7) is 1.60. The highest BCUT2D eigenvalue weighted by molar-refractivity contribution is 5.85.